The molecule has 0 fully saturated rings. The fraction of sp³-hybridized carbons (Fsp3) is 0.381. The molecular formula is C21H26N2O3S. The largest absolute Gasteiger partial charge is 0.497 e. The molecule has 2 aromatic carbocycles. The van der Waals surface area contributed by atoms with E-state index in [1.54, 1.807) is 12.0 Å². The standard InChI is InChI=1S/C21H26N2O3S/c1-4-22(2)13-14-23-17-7-5-6-8-18(17)27-20(19(24)21(23)25)15-9-11-16(26-3)12-10-15/h5-12,19-20,24H,4,13-14H2,1-3H3/t19-,20+/m0/s1. The predicted octanol–water partition coefficient (Wildman–Crippen LogP) is 3.19. The molecule has 0 saturated heterocycles. The van der Waals surface area contributed by atoms with E-state index < -0.39 is 6.10 Å². The first-order valence-electron chi connectivity index (χ1n) is 9.12. The Kier molecular flexibility index (Phi) is 6.42. The molecule has 6 heteroatoms. The summed E-state index contributed by atoms with van der Waals surface area (Å²) in [5.41, 5.74) is 1.77. The molecule has 1 amide bonds. The number of ether oxygens (including phenoxy) is 1. The lowest BCUT2D eigenvalue weighted by Gasteiger charge is -2.27. The van der Waals surface area contributed by atoms with Gasteiger partial charge in [0.2, 0.25) is 0 Å². The molecule has 1 N–H and O–H groups in total. The number of para-hydroxylation sites is 1. The van der Waals surface area contributed by atoms with Gasteiger partial charge in [-0.25, -0.2) is 0 Å². The number of amides is 1. The second-order valence-electron chi connectivity index (χ2n) is 6.61. The summed E-state index contributed by atoms with van der Waals surface area (Å²) in [7, 11) is 3.65. The minimum atomic E-state index is -1.11. The molecule has 27 heavy (non-hydrogen) atoms. The first-order chi connectivity index (χ1) is 13.0. The van der Waals surface area contributed by atoms with E-state index in [-0.39, 0.29) is 11.2 Å². The average Bonchev–Trinajstić information content (AvgIpc) is 2.81. The molecule has 144 valence electrons. The lowest BCUT2D eigenvalue weighted by Crippen LogP contribution is -2.43. The highest BCUT2D eigenvalue weighted by Crippen LogP contribution is 2.45. The summed E-state index contributed by atoms with van der Waals surface area (Å²) in [5.74, 6) is 0.501. The number of anilines is 1. The number of hydrogen-bond donors (Lipinski definition) is 1. The Morgan fingerprint density at radius 2 is 1.89 bits per heavy atom. The highest BCUT2D eigenvalue weighted by Gasteiger charge is 2.37. The van der Waals surface area contributed by atoms with Crippen molar-refractivity contribution in [2.45, 2.75) is 23.2 Å². The fourth-order valence-corrected chi connectivity index (χ4v) is 4.36. The van der Waals surface area contributed by atoms with Crippen LogP contribution >= 0.6 is 11.8 Å². The summed E-state index contributed by atoms with van der Waals surface area (Å²) < 4.78 is 5.22. The summed E-state index contributed by atoms with van der Waals surface area (Å²) in [6.45, 7) is 4.30. The molecule has 0 saturated carbocycles. The Hall–Kier alpha value is -2.02. The number of carbonyl (C=O) groups excluding carboxylic acids is 1. The number of nitrogens with zero attached hydrogens (tertiary/aromatic N) is 2. The molecule has 0 aliphatic carbocycles. The second-order valence-corrected chi connectivity index (χ2v) is 7.79. The topological polar surface area (TPSA) is 53.0 Å². The van der Waals surface area contributed by atoms with Gasteiger partial charge in [-0.15, -0.1) is 11.8 Å². The Morgan fingerprint density at radius 1 is 1.19 bits per heavy atom. The quantitative estimate of drug-likeness (QED) is 0.826. The van der Waals surface area contributed by atoms with Gasteiger partial charge in [0.15, 0.2) is 0 Å². The number of hydrogen-bond acceptors (Lipinski definition) is 5. The van der Waals surface area contributed by atoms with E-state index in [0.717, 1.165) is 35.0 Å². The normalized spacial score (nSPS) is 19.7. The highest BCUT2D eigenvalue weighted by molar-refractivity contribution is 7.99. The van der Waals surface area contributed by atoms with Crippen LogP contribution in [0.2, 0.25) is 0 Å². The summed E-state index contributed by atoms with van der Waals surface area (Å²) in [6, 6.07) is 15.4. The molecule has 0 aromatic heterocycles. The third kappa shape index (κ3) is 4.29. The highest BCUT2D eigenvalue weighted by atomic mass is 32.2. The molecule has 1 heterocycles. The van der Waals surface area contributed by atoms with Gasteiger partial charge in [-0.05, 0) is 43.4 Å². The molecule has 1 aliphatic rings. The molecule has 5 nitrogen and oxygen atoms in total. The number of rotatable bonds is 6. The first kappa shape index (κ1) is 19.7. The molecule has 0 spiro atoms. The van der Waals surface area contributed by atoms with Crippen LogP contribution in [0.1, 0.15) is 17.7 Å². The Labute approximate surface area is 164 Å². The zero-order valence-electron chi connectivity index (χ0n) is 16.0. The van der Waals surface area contributed by atoms with Crippen molar-refractivity contribution < 1.29 is 14.6 Å². The molecule has 0 radical (unpaired) electrons. The summed E-state index contributed by atoms with van der Waals surface area (Å²) >= 11 is 1.53. The first-order valence-corrected chi connectivity index (χ1v) is 10.0. The van der Waals surface area contributed by atoms with Crippen molar-refractivity contribution in [3.63, 3.8) is 0 Å². The minimum Gasteiger partial charge on any atom is -0.497 e. The van der Waals surface area contributed by atoms with Crippen molar-refractivity contribution in [3.05, 3.63) is 54.1 Å². The van der Waals surface area contributed by atoms with Crippen LogP contribution in [0.4, 0.5) is 5.69 Å². The van der Waals surface area contributed by atoms with E-state index in [1.807, 2.05) is 55.6 Å². The molecule has 0 unspecified atom stereocenters. The summed E-state index contributed by atoms with van der Waals surface area (Å²) in [4.78, 5) is 18.0. The van der Waals surface area contributed by atoms with Gasteiger partial charge >= 0.3 is 0 Å². The maximum atomic E-state index is 13.1. The number of methoxy groups -OCH3 is 1. The van der Waals surface area contributed by atoms with E-state index in [0.29, 0.717) is 6.54 Å². The van der Waals surface area contributed by atoms with Crippen molar-refractivity contribution in [2.75, 3.05) is 38.7 Å². The minimum absolute atomic E-state index is 0.252. The van der Waals surface area contributed by atoms with E-state index in [4.69, 9.17) is 4.74 Å². The molecule has 2 aromatic rings. The van der Waals surface area contributed by atoms with Gasteiger partial charge in [-0.1, -0.05) is 31.2 Å². The Balaban J connectivity index is 1.94. The van der Waals surface area contributed by atoms with Crippen molar-refractivity contribution >= 4 is 23.4 Å². The maximum absolute atomic E-state index is 13.1. The number of thioether (sulfide) groups is 1. The lowest BCUT2D eigenvalue weighted by molar-refractivity contribution is -0.126. The number of aliphatic hydroxyl groups excluding tert-OH is 1. The van der Waals surface area contributed by atoms with E-state index in [1.165, 1.54) is 11.8 Å². The van der Waals surface area contributed by atoms with Crippen LogP contribution in [-0.2, 0) is 4.79 Å². The Bertz CT molecular complexity index is 781. The van der Waals surface area contributed by atoms with Crippen LogP contribution in [-0.4, -0.2) is 55.8 Å². The SMILES string of the molecule is CCN(C)CCN1C(=O)[C@@H](O)[C@@H](c2ccc(OC)cc2)Sc2ccccc21. The van der Waals surface area contributed by atoms with Crippen LogP contribution in [0.25, 0.3) is 0 Å². The Morgan fingerprint density at radius 3 is 2.56 bits per heavy atom. The average molecular weight is 387 g/mol. The van der Waals surface area contributed by atoms with Gasteiger partial charge in [0.1, 0.15) is 11.9 Å². The number of carbonyl (C=O) groups is 1. The van der Waals surface area contributed by atoms with E-state index in [2.05, 4.69) is 11.8 Å². The predicted molar refractivity (Wildman–Crippen MR) is 110 cm³/mol. The molecule has 1 aliphatic heterocycles. The third-order valence-corrected chi connectivity index (χ3v) is 6.29. The fourth-order valence-electron chi connectivity index (χ4n) is 3.09. The van der Waals surface area contributed by atoms with Crippen LogP contribution < -0.4 is 9.64 Å². The van der Waals surface area contributed by atoms with Crippen molar-refractivity contribution in [1.82, 2.24) is 4.90 Å². The van der Waals surface area contributed by atoms with Gasteiger partial charge in [-0.3, -0.25) is 4.79 Å². The second kappa shape index (κ2) is 8.78. The van der Waals surface area contributed by atoms with Gasteiger partial charge in [0.25, 0.3) is 5.91 Å². The van der Waals surface area contributed by atoms with Gasteiger partial charge in [0.05, 0.1) is 18.0 Å². The smallest absolute Gasteiger partial charge is 0.257 e. The third-order valence-electron chi connectivity index (χ3n) is 4.91. The van der Waals surface area contributed by atoms with E-state index in [9.17, 15) is 9.90 Å². The molecule has 2 atom stereocenters. The van der Waals surface area contributed by atoms with Crippen LogP contribution in [0.15, 0.2) is 53.4 Å². The monoisotopic (exact) mass is 386 g/mol. The van der Waals surface area contributed by atoms with E-state index >= 15 is 0 Å². The van der Waals surface area contributed by atoms with Gasteiger partial charge in [0, 0.05) is 18.0 Å². The summed E-state index contributed by atoms with van der Waals surface area (Å²) in [6.07, 6.45) is -1.11. The van der Waals surface area contributed by atoms with Crippen LogP contribution in [0, 0.1) is 0 Å². The van der Waals surface area contributed by atoms with Gasteiger partial charge < -0.3 is 19.6 Å². The zero-order chi connectivity index (χ0) is 19.4. The maximum Gasteiger partial charge on any atom is 0.257 e. The summed E-state index contributed by atoms with van der Waals surface area (Å²) in [5, 5.41) is 10.5. The number of benzene rings is 2. The number of fused-ring (bicyclic) bond motifs is 1. The zero-order valence-corrected chi connectivity index (χ0v) is 16.8. The van der Waals surface area contributed by atoms with Crippen molar-refractivity contribution in [1.29, 1.82) is 0 Å². The number of likely N-dealkylation sites (N-methyl/N-ethyl adjacent to an activating group) is 1. The van der Waals surface area contributed by atoms with Gasteiger partial charge in [-0.2, -0.15) is 0 Å². The van der Waals surface area contributed by atoms with Crippen LogP contribution in [0.3, 0.4) is 0 Å². The van der Waals surface area contributed by atoms with Crippen molar-refractivity contribution in [3.8, 4) is 5.75 Å². The van der Waals surface area contributed by atoms with Crippen LogP contribution in [0.5, 0.6) is 5.75 Å². The van der Waals surface area contributed by atoms with Crippen molar-refractivity contribution in [2.24, 2.45) is 0 Å². The molecule has 3 rings (SSSR count). The molecule has 0 bridgehead atoms. The number of aliphatic hydroxyl groups is 1. The molecular weight excluding hydrogens is 360 g/mol. The lowest BCUT2D eigenvalue weighted by atomic mass is 10.1.